The van der Waals surface area contributed by atoms with Gasteiger partial charge in [0, 0.05) is 6.54 Å². The van der Waals surface area contributed by atoms with Gasteiger partial charge in [0.25, 0.3) is 5.91 Å². The number of unbranched alkanes of at least 4 members (excludes halogenated alkanes) is 2. The van der Waals surface area contributed by atoms with Crippen molar-refractivity contribution in [2.75, 3.05) is 13.1 Å². The normalized spacial score (nSPS) is 20.4. The van der Waals surface area contributed by atoms with Gasteiger partial charge in [-0.15, -0.1) is 0 Å². The quantitative estimate of drug-likeness (QED) is 0.820. The molecule has 0 bridgehead atoms. The van der Waals surface area contributed by atoms with Crippen LogP contribution in [-0.4, -0.2) is 29.9 Å². The van der Waals surface area contributed by atoms with E-state index in [-0.39, 0.29) is 17.8 Å². The SMILES string of the molecule is CCCCCN1CC2=C(C1=O)[C@@H](c1cccc(F)c1)NC(=O)N2. The van der Waals surface area contributed by atoms with Gasteiger partial charge in [-0.1, -0.05) is 31.9 Å². The summed E-state index contributed by atoms with van der Waals surface area (Å²) in [6.07, 6.45) is 3.08. The average Bonchev–Trinajstić information content (AvgIpc) is 2.83. The summed E-state index contributed by atoms with van der Waals surface area (Å²) in [5, 5.41) is 5.44. The van der Waals surface area contributed by atoms with E-state index in [1.165, 1.54) is 12.1 Å². The molecule has 2 heterocycles. The molecule has 6 heteroatoms. The highest BCUT2D eigenvalue weighted by atomic mass is 19.1. The summed E-state index contributed by atoms with van der Waals surface area (Å²) in [4.78, 5) is 26.3. The monoisotopic (exact) mass is 317 g/mol. The first kappa shape index (κ1) is 15.5. The Morgan fingerprint density at radius 1 is 1.30 bits per heavy atom. The fraction of sp³-hybridized carbons (Fsp3) is 0.412. The molecule has 3 amide bonds. The van der Waals surface area contributed by atoms with Crippen LogP contribution >= 0.6 is 0 Å². The maximum atomic E-state index is 13.5. The van der Waals surface area contributed by atoms with Crippen LogP contribution in [0.5, 0.6) is 0 Å². The smallest absolute Gasteiger partial charge is 0.319 e. The predicted octanol–water partition coefficient (Wildman–Crippen LogP) is 2.47. The van der Waals surface area contributed by atoms with E-state index in [0.717, 1.165) is 19.3 Å². The van der Waals surface area contributed by atoms with Gasteiger partial charge >= 0.3 is 6.03 Å². The first-order chi connectivity index (χ1) is 11.1. The Balaban J connectivity index is 1.86. The number of halogens is 1. The van der Waals surface area contributed by atoms with Crippen LogP contribution in [0.3, 0.4) is 0 Å². The van der Waals surface area contributed by atoms with Crippen molar-refractivity contribution >= 4 is 11.9 Å². The van der Waals surface area contributed by atoms with Crippen molar-refractivity contribution in [3.63, 3.8) is 0 Å². The molecule has 0 saturated heterocycles. The number of amides is 3. The van der Waals surface area contributed by atoms with Crippen LogP contribution in [-0.2, 0) is 4.79 Å². The Bertz CT molecular complexity index is 672. The topological polar surface area (TPSA) is 61.4 Å². The zero-order chi connectivity index (χ0) is 16.4. The molecular weight excluding hydrogens is 297 g/mol. The standard InChI is InChI=1S/C17H20FN3O2/c1-2-3-4-8-21-10-13-14(16(21)22)15(20-17(23)19-13)11-6-5-7-12(18)9-11/h5-7,9,15H,2-4,8,10H2,1H3,(H2,19,20,23)/t15-/m1/s1. The zero-order valence-corrected chi connectivity index (χ0v) is 13.1. The van der Waals surface area contributed by atoms with Gasteiger partial charge in [-0.3, -0.25) is 4.79 Å². The van der Waals surface area contributed by atoms with Crippen LogP contribution < -0.4 is 10.6 Å². The van der Waals surface area contributed by atoms with Crippen LogP contribution in [0.4, 0.5) is 9.18 Å². The van der Waals surface area contributed by atoms with Crippen molar-refractivity contribution in [2.45, 2.75) is 32.2 Å². The minimum Gasteiger partial charge on any atom is -0.333 e. The van der Waals surface area contributed by atoms with Gasteiger partial charge in [0.05, 0.1) is 23.9 Å². The highest BCUT2D eigenvalue weighted by Crippen LogP contribution is 2.32. The molecule has 0 radical (unpaired) electrons. The van der Waals surface area contributed by atoms with E-state index in [1.807, 2.05) is 0 Å². The fourth-order valence-electron chi connectivity index (χ4n) is 3.10. The van der Waals surface area contributed by atoms with Crippen molar-refractivity contribution < 1.29 is 14.0 Å². The number of nitrogens with one attached hydrogen (secondary N) is 2. The van der Waals surface area contributed by atoms with Gasteiger partial charge in [-0.05, 0) is 24.1 Å². The van der Waals surface area contributed by atoms with Crippen LogP contribution in [0.2, 0.25) is 0 Å². The van der Waals surface area contributed by atoms with Crippen molar-refractivity contribution in [3.05, 3.63) is 46.9 Å². The molecule has 2 aliphatic heterocycles. The molecule has 3 rings (SSSR count). The first-order valence-corrected chi connectivity index (χ1v) is 7.95. The molecule has 0 aromatic heterocycles. The van der Waals surface area contributed by atoms with Crippen LogP contribution in [0.25, 0.3) is 0 Å². The molecule has 2 N–H and O–H groups in total. The summed E-state index contributed by atoms with van der Waals surface area (Å²) >= 11 is 0. The Morgan fingerprint density at radius 3 is 2.87 bits per heavy atom. The Labute approximate surface area is 134 Å². The third-order valence-electron chi connectivity index (χ3n) is 4.23. The van der Waals surface area contributed by atoms with Crippen LogP contribution in [0.1, 0.15) is 37.8 Å². The number of urea groups is 1. The minimum atomic E-state index is -0.599. The summed E-state index contributed by atoms with van der Waals surface area (Å²) in [7, 11) is 0. The molecule has 0 unspecified atom stereocenters. The molecular formula is C17H20FN3O2. The number of hydrogen-bond donors (Lipinski definition) is 2. The molecule has 122 valence electrons. The largest absolute Gasteiger partial charge is 0.333 e. The Morgan fingerprint density at radius 2 is 2.13 bits per heavy atom. The summed E-state index contributed by atoms with van der Waals surface area (Å²) in [5.74, 6) is -0.472. The van der Waals surface area contributed by atoms with E-state index in [0.29, 0.717) is 29.9 Å². The number of benzene rings is 1. The summed E-state index contributed by atoms with van der Waals surface area (Å²) in [6, 6.07) is 5.04. The number of carbonyl (C=O) groups excluding carboxylic acids is 2. The molecule has 0 spiro atoms. The molecule has 2 aliphatic rings. The Hall–Kier alpha value is -2.37. The maximum Gasteiger partial charge on any atom is 0.319 e. The lowest BCUT2D eigenvalue weighted by molar-refractivity contribution is -0.125. The predicted molar refractivity (Wildman–Crippen MR) is 83.9 cm³/mol. The van der Waals surface area contributed by atoms with Crippen LogP contribution in [0.15, 0.2) is 35.5 Å². The maximum absolute atomic E-state index is 13.5. The van der Waals surface area contributed by atoms with Crippen molar-refractivity contribution in [2.24, 2.45) is 0 Å². The first-order valence-electron chi connectivity index (χ1n) is 7.95. The lowest BCUT2D eigenvalue weighted by Gasteiger charge is -2.25. The average molecular weight is 317 g/mol. The molecule has 1 aromatic rings. The van der Waals surface area contributed by atoms with E-state index < -0.39 is 6.04 Å². The number of carbonyl (C=O) groups is 2. The minimum absolute atomic E-state index is 0.0853. The lowest BCUT2D eigenvalue weighted by atomic mass is 9.96. The van der Waals surface area contributed by atoms with Gasteiger partial charge in [0.15, 0.2) is 0 Å². The molecule has 1 aromatic carbocycles. The molecule has 0 aliphatic carbocycles. The molecule has 5 nitrogen and oxygen atoms in total. The summed E-state index contributed by atoms with van der Waals surface area (Å²) in [5.41, 5.74) is 1.73. The van der Waals surface area contributed by atoms with Crippen molar-refractivity contribution in [1.29, 1.82) is 0 Å². The second kappa shape index (κ2) is 6.40. The van der Waals surface area contributed by atoms with Gasteiger partial charge < -0.3 is 15.5 Å². The van der Waals surface area contributed by atoms with E-state index in [4.69, 9.17) is 0 Å². The molecule has 23 heavy (non-hydrogen) atoms. The van der Waals surface area contributed by atoms with Gasteiger partial charge in [0.2, 0.25) is 0 Å². The molecule has 1 atom stereocenters. The number of rotatable bonds is 5. The van der Waals surface area contributed by atoms with Gasteiger partial charge in [0.1, 0.15) is 5.82 Å². The van der Waals surface area contributed by atoms with E-state index in [9.17, 15) is 14.0 Å². The van der Waals surface area contributed by atoms with Gasteiger partial charge in [-0.25, -0.2) is 9.18 Å². The lowest BCUT2D eigenvalue weighted by Crippen LogP contribution is -2.44. The van der Waals surface area contributed by atoms with Gasteiger partial charge in [-0.2, -0.15) is 0 Å². The second-order valence-electron chi connectivity index (χ2n) is 5.91. The van der Waals surface area contributed by atoms with E-state index >= 15 is 0 Å². The Kier molecular flexibility index (Phi) is 4.32. The zero-order valence-electron chi connectivity index (χ0n) is 13.1. The molecule has 0 fully saturated rings. The summed E-state index contributed by atoms with van der Waals surface area (Å²) in [6.45, 7) is 3.20. The number of nitrogens with zero attached hydrogens (tertiary/aromatic N) is 1. The third kappa shape index (κ3) is 3.06. The molecule has 0 saturated carbocycles. The van der Waals surface area contributed by atoms with E-state index in [1.54, 1.807) is 17.0 Å². The highest BCUT2D eigenvalue weighted by Gasteiger charge is 2.40. The highest BCUT2D eigenvalue weighted by molar-refractivity contribution is 6.01. The number of hydrogen-bond acceptors (Lipinski definition) is 2. The van der Waals surface area contributed by atoms with E-state index in [2.05, 4.69) is 17.6 Å². The third-order valence-corrected chi connectivity index (χ3v) is 4.23. The van der Waals surface area contributed by atoms with Crippen LogP contribution in [0, 0.1) is 5.82 Å². The van der Waals surface area contributed by atoms with Crippen molar-refractivity contribution in [1.82, 2.24) is 15.5 Å². The summed E-state index contributed by atoms with van der Waals surface area (Å²) < 4.78 is 13.5. The second-order valence-corrected chi connectivity index (χ2v) is 5.91. The fourth-order valence-corrected chi connectivity index (χ4v) is 3.10. The van der Waals surface area contributed by atoms with Crippen molar-refractivity contribution in [3.8, 4) is 0 Å².